The van der Waals surface area contributed by atoms with Gasteiger partial charge in [-0.15, -0.1) is 0 Å². The molecule has 4 rings (SSSR count). The van der Waals surface area contributed by atoms with Crippen molar-refractivity contribution in [2.24, 2.45) is 0 Å². The largest absolute Gasteiger partial charge is 0.490 e. The lowest BCUT2D eigenvalue weighted by atomic mass is 10.1. The van der Waals surface area contributed by atoms with Crippen molar-refractivity contribution >= 4 is 5.91 Å². The molecule has 0 fully saturated rings. The van der Waals surface area contributed by atoms with Crippen LogP contribution in [0.25, 0.3) is 0 Å². The van der Waals surface area contributed by atoms with Gasteiger partial charge < -0.3 is 23.8 Å². The highest BCUT2D eigenvalue weighted by molar-refractivity contribution is 5.95. The summed E-state index contributed by atoms with van der Waals surface area (Å²) >= 11 is 0. The number of hydrogen-bond acceptors (Lipinski definition) is 6. The smallest absolute Gasteiger partial charge is 0.254 e. The first-order valence-corrected chi connectivity index (χ1v) is 11.1. The lowest BCUT2D eigenvalue weighted by Crippen LogP contribution is -2.31. The van der Waals surface area contributed by atoms with Crippen molar-refractivity contribution in [3.05, 3.63) is 77.6 Å². The van der Waals surface area contributed by atoms with E-state index in [0.29, 0.717) is 62.3 Å². The van der Waals surface area contributed by atoms with Gasteiger partial charge in [0.05, 0.1) is 6.61 Å². The molecule has 2 aromatic carbocycles. The third kappa shape index (κ3) is 5.37. The highest BCUT2D eigenvalue weighted by Crippen LogP contribution is 2.35. The van der Waals surface area contributed by atoms with Crippen LogP contribution in [-0.2, 0) is 13.2 Å². The zero-order valence-corrected chi connectivity index (χ0v) is 19.0. The number of para-hydroxylation sites is 1. The molecular weight excluding hydrogens is 420 g/mol. The van der Waals surface area contributed by atoms with E-state index in [1.54, 1.807) is 35.5 Å². The molecule has 33 heavy (non-hydrogen) atoms. The Hall–Kier alpha value is -3.74. The number of ether oxygens (including phenoxy) is 4. The maximum absolute atomic E-state index is 13.3. The van der Waals surface area contributed by atoms with Crippen LogP contribution < -0.4 is 18.9 Å². The molecule has 1 amide bonds. The Balaban J connectivity index is 1.52. The van der Waals surface area contributed by atoms with Crippen LogP contribution in [0.1, 0.15) is 35.3 Å². The van der Waals surface area contributed by atoms with Gasteiger partial charge in [0.2, 0.25) is 0 Å². The molecule has 0 radical (unpaired) electrons. The van der Waals surface area contributed by atoms with Gasteiger partial charge in [0.1, 0.15) is 19.8 Å². The number of carbonyl (C=O) groups excluding carboxylic acids is 1. The Kier molecular flexibility index (Phi) is 7.29. The molecule has 0 atom stereocenters. The summed E-state index contributed by atoms with van der Waals surface area (Å²) in [7, 11) is 0. The van der Waals surface area contributed by atoms with E-state index >= 15 is 0 Å². The van der Waals surface area contributed by atoms with Crippen molar-refractivity contribution in [3.63, 3.8) is 0 Å². The van der Waals surface area contributed by atoms with Gasteiger partial charge in [-0.05, 0) is 44.2 Å². The lowest BCUT2D eigenvalue weighted by Gasteiger charge is -2.25. The van der Waals surface area contributed by atoms with Crippen LogP contribution in [0.5, 0.6) is 23.0 Å². The second-order valence-electron chi connectivity index (χ2n) is 7.51. The number of hydrogen-bond donors (Lipinski definition) is 0. The van der Waals surface area contributed by atoms with Crippen molar-refractivity contribution in [2.45, 2.75) is 27.0 Å². The van der Waals surface area contributed by atoms with Gasteiger partial charge >= 0.3 is 0 Å². The van der Waals surface area contributed by atoms with Gasteiger partial charge in [-0.2, -0.15) is 0 Å². The third-order valence-corrected chi connectivity index (χ3v) is 5.29. The quantitative estimate of drug-likeness (QED) is 0.480. The van der Waals surface area contributed by atoms with Crippen molar-refractivity contribution < 1.29 is 23.7 Å². The van der Waals surface area contributed by atoms with Gasteiger partial charge in [-0.3, -0.25) is 9.78 Å². The standard InChI is InChI=1S/C26H28N2O5/c1-3-28(17-21-8-5-9-23-25(21)32-14-13-31-23)26(29)20-10-11-22(24(15-20)30-4-2)33-18-19-7-6-12-27-16-19/h5-12,15-16H,3-4,13-14,17-18H2,1-2H3. The molecule has 7 nitrogen and oxygen atoms in total. The van der Waals surface area contributed by atoms with E-state index in [4.69, 9.17) is 18.9 Å². The Bertz CT molecular complexity index is 1090. The molecule has 0 saturated carbocycles. The molecule has 0 aliphatic carbocycles. The predicted molar refractivity (Wildman–Crippen MR) is 124 cm³/mol. The van der Waals surface area contributed by atoms with E-state index in [1.165, 1.54) is 0 Å². The molecule has 172 valence electrons. The number of aromatic nitrogens is 1. The van der Waals surface area contributed by atoms with Crippen LogP contribution in [-0.4, -0.2) is 42.2 Å². The highest BCUT2D eigenvalue weighted by atomic mass is 16.6. The number of benzene rings is 2. The number of rotatable bonds is 9. The molecule has 1 aliphatic heterocycles. The van der Waals surface area contributed by atoms with E-state index < -0.39 is 0 Å². The van der Waals surface area contributed by atoms with E-state index in [1.807, 2.05) is 44.2 Å². The Morgan fingerprint density at radius 3 is 2.70 bits per heavy atom. The summed E-state index contributed by atoms with van der Waals surface area (Å²) < 4.78 is 23.2. The van der Waals surface area contributed by atoms with Gasteiger partial charge in [-0.1, -0.05) is 18.2 Å². The maximum Gasteiger partial charge on any atom is 0.254 e. The summed E-state index contributed by atoms with van der Waals surface area (Å²) in [6.45, 7) is 6.69. The van der Waals surface area contributed by atoms with Gasteiger partial charge in [0.25, 0.3) is 5.91 Å². The minimum atomic E-state index is -0.0911. The van der Waals surface area contributed by atoms with Gasteiger partial charge in [0.15, 0.2) is 23.0 Å². The Labute approximate surface area is 193 Å². The highest BCUT2D eigenvalue weighted by Gasteiger charge is 2.21. The summed E-state index contributed by atoms with van der Waals surface area (Å²) in [5, 5.41) is 0. The molecule has 7 heteroatoms. The minimum absolute atomic E-state index is 0.0911. The number of carbonyl (C=O) groups is 1. The van der Waals surface area contributed by atoms with Crippen LogP contribution in [0.2, 0.25) is 0 Å². The van der Waals surface area contributed by atoms with Crippen molar-refractivity contribution in [2.75, 3.05) is 26.4 Å². The normalized spacial score (nSPS) is 12.2. The molecule has 0 spiro atoms. The zero-order valence-electron chi connectivity index (χ0n) is 19.0. The fraction of sp³-hybridized carbons (Fsp3) is 0.308. The Morgan fingerprint density at radius 2 is 1.91 bits per heavy atom. The third-order valence-electron chi connectivity index (χ3n) is 5.29. The van der Waals surface area contributed by atoms with Crippen molar-refractivity contribution in [1.82, 2.24) is 9.88 Å². The molecule has 0 saturated heterocycles. The van der Waals surface area contributed by atoms with E-state index in [-0.39, 0.29) is 5.91 Å². The topological polar surface area (TPSA) is 70.1 Å². The number of amides is 1. The molecule has 0 N–H and O–H groups in total. The minimum Gasteiger partial charge on any atom is -0.490 e. The van der Waals surface area contributed by atoms with Crippen molar-refractivity contribution in [1.29, 1.82) is 0 Å². The zero-order chi connectivity index (χ0) is 23.0. The average molecular weight is 449 g/mol. The first kappa shape index (κ1) is 22.5. The molecule has 0 bridgehead atoms. The summed E-state index contributed by atoms with van der Waals surface area (Å²) in [5.74, 6) is 2.46. The van der Waals surface area contributed by atoms with Crippen LogP contribution in [0.4, 0.5) is 0 Å². The molecule has 0 unspecified atom stereocenters. The number of pyridine rings is 1. The first-order chi connectivity index (χ1) is 16.2. The molecule has 1 aliphatic rings. The summed E-state index contributed by atoms with van der Waals surface area (Å²) in [6, 6.07) is 14.9. The van der Waals surface area contributed by atoms with E-state index in [9.17, 15) is 4.79 Å². The van der Waals surface area contributed by atoms with Crippen LogP contribution in [0, 0.1) is 0 Å². The maximum atomic E-state index is 13.3. The second-order valence-corrected chi connectivity index (χ2v) is 7.51. The van der Waals surface area contributed by atoms with Crippen LogP contribution >= 0.6 is 0 Å². The molecule has 2 heterocycles. The van der Waals surface area contributed by atoms with Gasteiger partial charge in [-0.25, -0.2) is 0 Å². The predicted octanol–water partition coefficient (Wildman–Crippen LogP) is 4.49. The number of nitrogens with zero attached hydrogens (tertiary/aromatic N) is 2. The average Bonchev–Trinajstić information content (AvgIpc) is 2.87. The van der Waals surface area contributed by atoms with E-state index in [2.05, 4.69) is 4.98 Å². The number of fused-ring (bicyclic) bond motifs is 1. The second kappa shape index (κ2) is 10.7. The van der Waals surface area contributed by atoms with Crippen LogP contribution in [0.3, 0.4) is 0 Å². The molecule has 1 aromatic heterocycles. The SMILES string of the molecule is CCOc1cc(C(=O)N(CC)Cc2cccc3c2OCCO3)ccc1OCc1cccnc1. The van der Waals surface area contributed by atoms with E-state index in [0.717, 1.165) is 16.9 Å². The van der Waals surface area contributed by atoms with Crippen LogP contribution in [0.15, 0.2) is 60.9 Å². The molecule has 3 aromatic rings. The Morgan fingerprint density at radius 1 is 1.03 bits per heavy atom. The van der Waals surface area contributed by atoms with Gasteiger partial charge in [0, 0.05) is 42.2 Å². The van der Waals surface area contributed by atoms with Crippen molar-refractivity contribution in [3.8, 4) is 23.0 Å². The summed E-state index contributed by atoms with van der Waals surface area (Å²) in [6.07, 6.45) is 3.48. The fourth-order valence-corrected chi connectivity index (χ4v) is 3.65. The molecular formula is C26H28N2O5. The first-order valence-electron chi connectivity index (χ1n) is 11.1. The lowest BCUT2D eigenvalue weighted by molar-refractivity contribution is 0.0748. The monoisotopic (exact) mass is 448 g/mol. The fourth-order valence-electron chi connectivity index (χ4n) is 3.65. The summed E-state index contributed by atoms with van der Waals surface area (Å²) in [4.78, 5) is 19.2. The summed E-state index contributed by atoms with van der Waals surface area (Å²) in [5.41, 5.74) is 2.41.